The minimum Gasteiger partial charge on any atom is -0.349 e. The summed E-state index contributed by atoms with van der Waals surface area (Å²) >= 11 is 0. The number of benzene rings is 2. The number of carbonyl (C=O) groups excluding carboxylic acids is 3. The summed E-state index contributed by atoms with van der Waals surface area (Å²) in [5.74, 6) is -1.59. The fourth-order valence-electron chi connectivity index (χ4n) is 2.85. The minimum absolute atomic E-state index is 0.0383. The number of nitrogens with one attached hydrogen (secondary N) is 3. The van der Waals surface area contributed by atoms with Crippen LogP contribution in [0.3, 0.4) is 0 Å². The van der Waals surface area contributed by atoms with Crippen molar-refractivity contribution >= 4 is 29.1 Å². The molecule has 1 unspecified atom stereocenters. The van der Waals surface area contributed by atoms with Crippen molar-refractivity contribution in [2.24, 2.45) is 0 Å². The van der Waals surface area contributed by atoms with Gasteiger partial charge in [0, 0.05) is 19.5 Å². The third-order valence-electron chi connectivity index (χ3n) is 4.17. The summed E-state index contributed by atoms with van der Waals surface area (Å²) in [4.78, 5) is 35.1. The number of hydrogen-bond acceptors (Lipinski definition) is 3. The molecule has 30 heavy (non-hydrogen) atoms. The zero-order valence-electron chi connectivity index (χ0n) is 16.7. The lowest BCUT2D eigenvalue weighted by Crippen LogP contribution is -2.30. The Balaban J connectivity index is 2.25. The van der Waals surface area contributed by atoms with Gasteiger partial charge in [0.1, 0.15) is 0 Å². The molecule has 0 aliphatic heterocycles. The van der Waals surface area contributed by atoms with Gasteiger partial charge in [-0.1, -0.05) is 29.8 Å². The summed E-state index contributed by atoms with van der Waals surface area (Å²) in [5.41, 5.74) is 0.0751. The van der Waals surface area contributed by atoms with Gasteiger partial charge in [-0.3, -0.25) is 14.4 Å². The molecule has 0 bridgehead atoms. The Morgan fingerprint density at radius 2 is 1.57 bits per heavy atom. The average Bonchev–Trinajstić information content (AvgIpc) is 2.61. The van der Waals surface area contributed by atoms with Crippen LogP contribution in [0, 0.1) is 6.92 Å². The van der Waals surface area contributed by atoms with E-state index < -0.39 is 35.3 Å². The SMILES string of the molecule is CC(=O)Nc1ccc(NC(=O)CC(NC(C)=O)c2ccc(C)cc2)c(C(F)(F)F)c1. The van der Waals surface area contributed by atoms with E-state index >= 15 is 0 Å². The predicted octanol–water partition coefficient (Wildman–Crippen LogP) is 4.18. The molecule has 3 N–H and O–H groups in total. The summed E-state index contributed by atoms with van der Waals surface area (Å²) in [7, 11) is 0. The van der Waals surface area contributed by atoms with Gasteiger partial charge in [0.15, 0.2) is 0 Å². The number of rotatable bonds is 6. The van der Waals surface area contributed by atoms with Gasteiger partial charge in [0.2, 0.25) is 17.7 Å². The Morgan fingerprint density at radius 1 is 0.933 bits per heavy atom. The molecule has 0 saturated heterocycles. The van der Waals surface area contributed by atoms with Crippen molar-refractivity contribution in [1.29, 1.82) is 0 Å². The van der Waals surface area contributed by atoms with Crippen LogP contribution in [-0.2, 0) is 20.6 Å². The molecule has 1 atom stereocenters. The monoisotopic (exact) mass is 421 g/mol. The summed E-state index contributed by atoms with van der Waals surface area (Å²) in [6.45, 7) is 4.35. The Bertz CT molecular complexity index is 941. The molecule has 9 heteroatoms. The minimum atomic E-state index is -4.74. The maximum Gasteiger partial charge on any atom is 0.418 e. The molecule has 2 aromatic carbocycles. The number of amides is 3. The van der Waals surface area contributed by atoms with E-state index in [4.69, 9.17) is 0 Å². The van der Waals surface area contributed by atoms with Gasteiger partial charge in [-0.2, -0.15) is 13.2 Å². The first-order valence-corrected chi connectivity index (χ1v) is 9.08. The summed E-state index contributed by atoms with van der Waals surface area (Å²) < 4.78 is 40.3. The van der Waals surface area contributed by atoms with E-state index in [0.29, 0.717) is 5.56 Å². The smallest absolute Gasteiger partial charge is 0.349 e. The van der Waals surface area contributed by atoms with Crippen molar-refractivity contribution in [3.8, 4) is 0 Å². The largest absolute Gasteiger partial charge is 0.418 e. The molecule has 2 aromatic rings. The van der Waals surface area contributed by atoms with Crippen LogP contribution in [0.2, 0.25) is 0 Å². The molecule has 6 nitrogen and oxygen atoms in total. The highest BCUT2D eigenvalue weighted by atomic mass is 19.4. The molecule has 0 saturated carbocycles. The zero-order chi connectivity index (χ0) is 22.5. The van der Waals surface area contributed by atoms with Gasteiger partial charge in [0.25, 0.3) is 0 Å². The normalized spacial score (nSPS) is 12.1. The summed E-state index contributed by atoms with van der Waals surface area (Å²) in [6.07, 6.45) is -5.00. The second-order valence-electron chi connectivity index (χ2n) is 6.86. The average molecular weight is 421 g/mol. The van der Waals surface area contributed by atoms with Crippen LogP contribution < -0.4 is 16.0 Å². The van der Waals surface area contributed by atoms with E-state index in [2.05, 4.69) is 16.0 Å². The molecule has 0 aromatic heterocycles. The maximum atomic E-state index is 13.4. The van der Waals surface area contributed by atoms with E-state index in [1.165, 1.54) is 19.9 Å². The van der Waals surface area contributed by atoms with E-state index in [9.17, 15) is 27.6 Å². The predicted molar refractivity (Wildman–Crippen MR) is 107 cm³/mol. The molecule has 160 valence electrons. The van der Waals surface area contributed by atoms with Crippen LogP contribution >= 0.6 is 0 Å². The van der Waals surface area contributed by atoms with Gasteiger partial charge < -0.3 is 16.0 Å². The topological polar surface area (TPSA) is 87.3 Å². The van der Waals surface area contributed by atoms with E-state index in [1.54, 1.807) is 12.1 Å². The summed E-state index contributed by atoms with van der Waals surface area (Å²) in [5, 5.41) is 7.18. The lowest BCUT2D eigenvalue weighted by atomic mass is 10.0. The highest BCUT2D eigenvalue weighted by Crippen LogP contribution is 2.37. The third kappa shape index (κ3) is 6.61. The first kappa shape index (κ1) is 22.9. The van der Waals surface area contributed by atoms with E-state index in [-0.39, 0.29) is 18.0 Å². The van der Waals surface area contributed by atoms with E-state index in [1.807, 2.05) is 19.1 Å². The highest BCUT2D eigenvalue weighted by molar-refractivity contribution is 5.94. The summed E-state index contributed by atoms with van der Waals surface area (Å²) in [6, 6.07) is 9.50. The first-order valence-electron chi connectivity index (χ1n) is 9.08. The van der Waals surface area contributed by atoms with Crippen LogP contribution in [0.4, 0.5) is 24.5 Å². The van der Waals surface area contributed by atoms with Crippen LogP contribution in [0.15, 0.2) is 42.5 Å². The number of aryl methyl sites for hydroxylation is 1. The molecule has 0 spiro atoms. The number of halogens is 3. The second-order valence-corrected chi connectivity index (χ2v) is 6.86. The molecule has 0 aliphatic rings. The van der Waals surface area contributed by atoms with Crippen LogP contribution in [0.5, 0.6) is 0 Å². The standard InChI is InChI=1S/C21H22F3N3O3/c1-12-4-6-15(7-5-12)19(26-14(3)29)11-20(30)27-18-9-8-16(25-13(2)28)10-17(18)21(22,23)24/h4-10,19H,11H2,1-3H3,(H,25,28)(H,26,29)(H,27,30). The molecule has 0 fully saturated rings. The fourth-order valence-corrected chi connectivity index (χ4v) is 2.85. The van der Waals surface area contributed by atoms with Gasteiger partial charge in [-0.25, -0.2) is 0 Å². The Labute approximate surface area is 171 Å². The van der Waals surface area contributed by atoms with Crippen molar-refractivity contribution in [1.82, 2.24) is 5.32 Å². The Morgan fingerprint density at radius 3 is 2.10 bits per heavy atom. The number of carbonyl (C=O) groups is 3. The lowest BCUT2D eigenvalue weighted by molar-refractivity contribution is -0.137. The molecule has 2 rings (SSSR count). The number of anilines is 2. The Kier molecular flexibility index (Phi) is 7.20. The first-order chi connectivity index (χ1) is 14.0. The quantitative estimate of drug-likeness (QED) is 0.654. The maximum absolute atomic E-state index is 13.4. The number of hydrogen-bond donors (Lipinski definition) is 3. The van der Waals surface area contributed by atoms with Gasteiger partial charge in [-0.05, 0) is 30.7 Å². The van der Waals surface area contributed by atoms with Gasteiger partial charge >= 0.3 is 6.18 Å². The number of alkyl halides is 3. The zero-order valence-corrected chi connectivity index (χ0v) is 16.7. The van der Waals surface area contributed by atoms with Crippen molar-refractivity contribution in [2.75, 3.05) is 10.6 Å². The fraction of sp³-hybridized carbons (Fsp3) is 0.286. The van der Waals surface area contributed by atoms with Crippen molar-refractivity contribution in [2.45, 2.75) is 39.4 Å². The van der Waals surface area contributed by atoms with Gasteiger partial charge in [-0.15, -0.1) is 0 Å². The van der Waals surface area contributed by atoms with Gasteiger partial charge in [0.05, 0.1) is 23.7 Å². The molecule has 0 aliphatic carbocycles. The van der Waals surface area contributed by atoms with E-state index in [0.717, 1.165) is 17.7 Å². The van der Waals surface area contributed by atoms with Crippen molar-refractivity contribution < 1.29 is 27.6 Å². The molecule has 3 amide bonds. The van der Waals surface area contributed by atoms with Crippen LogP contribution in [0.1, 0.15) is 43.0 Å². The molecule has 0 heterocycles. The second kappa shape index (κ2) is 9.43. The molecule has 0 radical (unpaired) electrons. The molecular weight excluding hydrogens is 399 g/mol. The Hall–Kier alpha value is -3.36. The van der Waals surface area contributed by atoms with Crippen molar-refractivity contribution in [3.05, 3.63) is 59.2 Å². The lowest BCUT2D eigenvalue weighted by Gasteiger charge is -2.20. The van der Waals surface area contributed by atoms with Crippen LogP contribution in [0.25, 0.3) is 0 Å². The molecular formula is C21H22F3N3O3. The van der Waals surface area contributed by atoms with Crippen LogP contribution in [-0.4, -0.2) is 17.7 Å². The van der Waals surface area contributed by atoms with Crippen molar-refractivity contribution in [3.63, 3.8) is 0 Å². The third-order valence-corrected chi connectivity index (χ3v) is 4.17. The highest BCUT2D eigenvalue weighted by Gasteiger charge is 2.34.